The minimum Gasteiger partial charge on any atom is -0.508 e. The minimum absolute atomic E-state index is 0.112. The number of aromatic hydroxyl groups is 1. The monoisotopic (exact) mass is 482 g/mol. The van der Waals surface area contributed by atoms with Crippen LogP contribution in [0, 0.1) is 0 Å². The molecule has 1 N–H and O–H groups in total. The van der Waals surface area contributed by atoms with Crippen molar-refractivity contribution in [2.45, 2.75) is 65.3 Å². The summed E-state index contributed by atoms with van der Waals surface area (Å²) in [7, 11) is 0. The third-order valence-electron chi connectivity index (χ3n) is 6.54. The van der Waals surface area contributed by atoms with Crippen LogP contribution < -0.4 is 0 Å². The molecule has 3 atom stereocenters. The van der Waals surface area contributed by atoms with Crippen LogP contribution in [-0.4, -0.2) is 39.2 Å². The van der Waals surface area contributed by atoms with Crippen molar-refractivity contribution in [3.8, 4) is 5.75 Å². The highest BCUT2D eigenvalue weighted by atomic mass is 35.5. The van der Waals surface area contributed by atoms with Gasteiger partial charge < -0.3 is 14.4 Å². The van der Waals surface area contributed by atoms with Gasteiger partial charge in [0.05, 0.1) is 11.3 Å². The van der Waals surface area contributed by atoms with Crippen molar-refractivity contribution in [1.29, 1.82) is 0 Å². The number of esters is 1. The average Bonchev–Trinajstić information content (AvgIpc) is 3.30. The van der Waals surface area contributed by atoms with Crippen LogP contribution in [0.25, 0.3) is 0 Å². The van der Waals surface area contributed by atoms with Gasteiger partial charge in [0.25, 0.3) is 0 Å². The number of hydrogen-bond acceptors (Lipinski definition) is 4. The Morgan fingerprint density at radius 1 is 1.00 bits per heavy atom. The molecule has 0 saturated heterocycles. The molecule has 0 saturated carbocycles. The number of carbonyl (C=O) groups is 1. The van der Waals surface area contributed by atoms with Crippen molar-refractivity contribution in [2.24, 2.45) is 0 Å². The number of phenolic OH excluding ortho intramolecular Hbond substituents is 1. The van der Waals surface area contributed by atoms with E-state index in [-0.39, 0.29) is 5.75 Å². The Hall–Kier alpha value is -2.76. The topological polar surface area (TPSA) is 54.7 Å². The summed E-state index contributed by atoms with van der Waals surface area (Å²) in [6.45, 7) is 9.96. The van der Waals surface area contributed by atoms with Crippen molar-refractivity contribution in [3.05, 3.63) is 88.7 Å². The molecule has 6 heteroatoms. The maximum Gasteiger partial charge on any atom is 0.338 e. The number of phenols is 1. The van der Waals surface area contributed by atoms with Gasteiger partial charge in [0, 0.05) is 36.4 Å². The highest BCUT2D eigenvalue weighted by Crippen LogP contribution is 2.27. The number of hydrogen-bond donors (Lipinski definition) is 1. The van der Waals surface area contributed by atoms with E-state index in [9.17, 15) is 9.90 Å². The van der Waals surface area contributed by atoms with Crippen molar-refractivity contribution in [1.82, 2.24) is 9.47 Å². The molecule has 0 aliphatic heterocycles. The standard InChI is InChI=1S/C28H35ClN2O3/c1-5-20(3)31(21(4)6-2)19-27(34-28(33)22-13-15-24(32)16-14-22)26-12-9-17-30(26)18-23-10-7-8-11-25(23)29/h7-17,20-21,27,32H,5-6,18-19H2,1-4H3. The molecule has 34 heavy (non-hydrogen) atoms. The molecule has 5 nitrogen and oxygen atoms in total. The third kappa shape index (κ3) is 6.43. The van der Waals surface area contributed by atoms with E-state index < -0.39 is 12.1 Å². The largest absolute Gasteiger partial charge is 0.508 e. The second-order valence-electron chi connectivity index (χ2n) is 8.80. The molecular weight excluding hydrogens is 448 g/mol. The molecule has 0 amide bonds. The molecule has 0 fully saturated rings. The van der Waals surface area contributed by atoms with Crippen LogP contribution in [0.15, 0.2) is 66.9 Å². The number of nitrogens with zero attached hydrogens (tertiary/aromatic N) is 2. The lowest BCUT2D eigenvalue weighted by Gasteiger charge is -2.36. The predicted molar refractivity (Wildman–Crippen MR) is 137 cm³/mol. The van der Waals surface area contributed by atoms with E-state index in [1.807, 2.05) is 42.6 Å². The lowest BCUT2D eigenvalue weighted by molar-refractivity contribution is 0.00619. The molecule has 0 bridgehead atoms. The van der Waals surface area contributed by atoms with Gasteiger partial charge in [-0.2, -0.15) is 0 Å². The first kappa shape index (κ1) is 25.9. The van der Waals surface area contributed by atoms with E-state index in [0.717, 1.165) is 24.1 Å². The molecule has 0 aliphatic rings. The zero-order valence-electron chi connectivity index (χ0n) is 20.4. The summed E-state index contributed by atoms with van der Waals surface area (Å²) in [4.78, 5) is 15.5. The number of halogens is 1. The Labute approximate surface area is 207 Å². The van der Waals surface area contributed by atoms with Crippen LogP contribution in [0.1, 0.15) is 68.3 Å². The quantitative estimate of drug-likeness (QED) is 0.309. The molecule has 1 aromatic heterocycles. The number of ether oxygens (including phenoxy) is 1. The van der Waals surface area contributed by atoms with E-state index >= 15 is 0 Å². The van der Waals surface area contributed by atoms with Crippen molar-refractivity contribution in [2.75, 3.05) is 6.54 Å². The van der Waals surface area contributed by atoms with Gasteiger partial charge in [0.1, 0.15) is 5.75 Å². The predicted octanol–water partition coefficient (Wildman–Crippen LogP) is 6.69. The molecular formula is C28H35ClN2O3. The molecule has 0 radical (unpaired) electrons. The summed E-state index contributed by atoms with van der Waals surface area (Å²) < 4.78 is 8.23. The normalized spacial score (nSPS) is 14.1. The molecule has 3 rings (SSSR count). The Morgan fingerprint density at radius 2 is 1.65 bits per heavy atom. The van der Waals surface area contributed by atoms with Gasteiger partial charge in [-0.3, -0.25) is 4.90 Å². The number of rotatable bonds is 11. The fourth-order valence-electron chi connectivity index (χ4n) is 4.11. The van der Waals surface area contributed by atoms with Gasteiger partial charge in [-0.25, -0.2) is 4.79 Å². The molecule has 0 spiro atoms. The SMILES string of the molecule is CCC(C)N(CC(OC(=O)c1ccc(O)cc1)c1cccn1Cc1ccccc1Cl)C(C)CC. The molecule has 182 valence electrons. The highest BCUT2D eigenvalue weighted by molar-refractivity contribution is 6.31. The first-order valence-electron chi connectivity index (χ1n) is 12.0. The number of carbonyl (C=O) groups excluding carboxylic acids is 1. The highest BCUT2D eigenvalue weighted by Gasteiger charge is 2.28. The second kappa shape index (κ2) is 12.1. The Balaban J connectivity index is 1.94. The van der Waals surface area contributed by atoms with Crippen molar-refractivity contribution < 1.29 is 14.6 Å². The fraction of sp³-hybridized carbons (Fsp3) is 0.393. The zero-order valence-corrected chi connectivity index (χ0v) is 21.2. The molecule has 3 aromatic rings. The van der Waals surface area contributed by atoms with E-state index in [0.29, 0.717) is 35.8 Å². The average molecular weight is 483 g/mol. The van der Waals surface area contributed by atoms with Crippen LogP contribution in [-0.2, 0) is 11.3 Å². The summed E-state index contributed by atoms with van der Waals surface area (Å²) in [5.41, 5.74) is 2.33. The van der Waals surface area contributed by atoms with E-state index in [1.165, 1.54) is 12.1 Å². The van der Waals surface area contributed by atoms with Gasteiger partial charge in [0.2, 0.25) is 0 Å². The van der Waals surface area contributed by atoms with Crippen LogP contribution in [0.4, 0.5) is 0 Å². The third-order valence-corrected chi connectivity index (χ3v) is 6.90. The summed E-state index contributed by atoms with van der Waals surface area (Å²) in [6, 6.07) is 18.6. The summed E-state index contributed by atoms with van der Waals surface area (Å²) in [5.74, 6) is -0.301. The van der Waals surface area contributed by atoms with Gasteiger partial charge in [-0.05, 0) is 74.7 Å². The van der Waals surface area contributed by atoms with E-state index in [1.54, 1.807) is 12.1 Å². The van der Waals surface area contributed by atoms with E-state index in [4.69, 9.17) is 16.3 Å². The smallest absolute Gasteiger partial charge is 0.338 e. The lowest BCUT2D eigenvalue weighted by Crippen LogP contribution is -2.43. The van der Waals surface area contributed by atoms with E-state index in [2.05, 4.69) is 37.2 Å². The number of aromatic nitrogens is 1. The lowest BCUT2D eigenvalue weighted by atomic mass is 10.1. The van der Waals surface area contributed by atoms with Crippen molar-refractivity contribution >= 4 is 17.6 Å². The molecule has 2 aromatic carbocycles. The van der Waals surface area contributed by atoms with Crippen LogP contribution in [0.2, 0.25) is 5.02 Å². The summed E-state index contributed by atoms with van der Waals surface area (Å²) >= 11 is 6.43. The maximum absolute atomic E-state index is 13.1. The molecule has 0 aliphatic carbocycles. The Bertz CT molecular complexity index is 1050. The van der Waals surface area contributed by atoms with Crippen LogP contribution >= 0.6 is 11.6 Å². The summed E-state index contributed by atoms with van der Waals surface area (Å²) in [6.07, 6.45) is 3.53. The molecule has 1 heterocycles. The van der Waals surface area contributed by atoms with Crippen molar-refractivity contribution in [3.63, 3.8) is 0 Å². The minimum atomic E-state index is -0.471. The first-order valence-corrected chi connectivity index (χ1v) is 12.4. The Kier molecular flexibility index (Phi) is 9.20. The zero-order chi connectivity index (χ0) is 24.7. The first-order chi connectivity index (χ1) is 16.3. The van der Waals surface area contributed by atoms with Gasteiger partial charge in [-0.1, -0.05) is 43.6 Å². The Morgan fingerprint density at radius 3 is 2.26 bits per heavy atom. The van der Waals surface area contributed by atoms with Gasteiger partial charge in [-0.15, -0.1) is 0 Å². The van der Waals surface area contributed by atoms with Gasteiger partial charge in [0.15, 0.2) is 6.10 Å². The van der Waals surface area contributed by atoms with Gasteiger partial charge >= 0.3 is 5.97 Å². The second-order valence-corrected chi connectivity index (χ2v) is 9.21. The number of benzene rings is 2. The maximum atomic E-state index is 13.1. The van der Waals surface area contributed by atoms with Crippen LogP contribution in [0.5, 0.6) is 5.75 Å². The fourth-order valence-corrected chi connectivity index (χ4v) is 4.31. The summed E-state index contributed by atoms with van der Waals surface area (Å²) in [5, 5.41) is 10.3. The molecule has 3 unspecified atom stereocenters. The van der Waals surface area contributed by atoms with Crippen LogP contribution in [0.3, 0.4) is 0 Å².